The fraction of sp³-hybridized carbons (Fsp3) is 0. The van der Waals surface area contributed by atoms with E-state index in [4.69, 9.17) is 5.11 Å². The molecule has 0 radical (unpaired) electrons. The number of halogens is 1. The van der Waals surface area contributed by atoms with Crippen LogP contribution in [0, 0.1) is 5.82 Å². The maximum atomic E-state index is 13.4. The van der Waals surface area contributed by atoms with Gasteiger partial charge in [0.1, 0.15) is 17.7 Å². The Bertz CT molecular complexity index is 637. The molecule has 0 fully saturated rings. The van der Waals surface area contributed by atoms with Crippen LogP contribution in [0.2, 0.25) is 0 Å². The Hall–Kier alpha value is -2.50. The third-order valence-corrected chi connectivity index (χ3v) is 2.16. The van der Waals surface area contributed by atoms with E-state index in [1.54, 1.807) is 6.07 Å². The van der Waals surface area contributed by atoms with Crippen molar-refractivity contribution >= 4 is 5.97 Å². The summed E-state index contributed by atoms with van der Waals surface area (Å²) in [6.07, 6.45) is 2.11. The summed E-state index contributed by atoms with van der Waals surface area (Å²) in [6.45, 7) is 0. The van der Waals surface area contributed by atoms with E-state index >= 15 is 0 Å². The second-order valence-corrected chi connectivity index (χ2v) is 3.26. The molecule has 86 valence electrons. The highest BCUT2D eigenvalue weighted by molar-refractivity contribution is 5.86. The van der Waals surface area contributed by atoms with Gasteiger partial charge in [-0.2, -0.15) is 4.98 Å². The predicted octanol–water partition coefficient (Wildman–Crippen LogP) is 1.07. The summed E-state index contributed by atoms with van der Waals surface area (Å²) in [5.41, 5.74) is -1.23. The van der Waals surface area contributed by atoms with Crippen LogP contribution in [0.3, 0.4) is 0 Å². The highest BCUT2D eigenvalue weighted by Crippen LogP contribution is 2.11. The molecule has 0 spiro atoms. The molecule has 0 atom stereocenters. The molecule has 0 aliphatic carbocycles. The molecule has 1 N–H and O–H groups in total. The minimum absolute atomic E-state index is 0.127. The number of aromatic carboxylic acids is 1. The third-order valence-electron chi connectivity index (χ3n) is 2.16. The van der Waals surface area contributed by atoms with Gasteiger partial charge in [0.25, 0.3) is 5.56 Å². The van der Waals surface area contributed by atoms with Gasteiger partial charge in [0.05, 0.1) is 5.69 Å². The molecule has 0 bridgehead atoms. The van der Waals surface area contributed by atoms with Gasteiger partial charge in [-0.05, 0) is 12.1 Å². The van der Waals surface area contributed by atoms with E-state index in [2.05, 4.69) is 4.98 Å². The average molecular weight is 234 g/mol. The monoisotopic (exact) mass is 234 g/mol. The van der Waals surface area contributed by atoms with Crippen molar-refractivity contribution in [3.8, 4) is 5.69 Å². The second kappa shape index (κ2) is 4.17. The van der Waals surface area contributed by atoms with E-state index in [0.29, 0.717) is 0 Å². The van der Waals surface area contributed by atoms with Crippen LogP contribution in [0.5, 0.6) is 0 Å². The first kappa shape index (κ1) is 11.0. The van der Waals surface area contributed by atoms with Gasteiger partial charge in [0.15, 0.2) is 0 Å². The normalized spacial score (nSPS) is 10.2. The average Bonchev–Trinajstić information content (AvgIpc) is 2.30. The fourth-order valence-corrected chi connectivity index (χ4v) is 1.35. The summed E-state index contributed by atoms with van der Waals surface area (Å²) >= 11 is 0. The van der Waals surface area contributed by atoms with Crippen molar-refractivity contribution in [1.29, 1.82) is 0 Å². The number of hydrogen-bond acceptors (Lipinski definition) is 3. The van der Waals surface area contributed by atoms with Crippen LogP contribution in [0.4, 0.5) is 4.39 Å². The number of nitrogens with zero attached hydrogens (tertiary/aromatic N) is 2. The van der Waals surface area contributed by atoms with Gasteiger partial charge < -0.3 is 9.67 Å². The zero-order valence-electron chi connectivity index (χ0n) is 8.50. The molecule has 1 aromatic heterocycles. The molecule has 2 rings (SSSR count). The van der Waals surface area contributed by atoms with E-state index in [-0.39, 0.29) is 5.69 Å². The summed E-state index contributed by atoms with van der Waals surface area (Å²) in [7, 11) is 0. The minimum atomic E-state index is -1.40. The molecule has 0 saturated carbocycles. The summed E-state index contributed by atoms with van der Waals surface area (Å²) in [6, 6.07) is 5.78. The van der Waals surface area contributed by atoms with Gasteiger partial charge in [0.2, 0.25) is 0 Å². The van der Waals surface area contributed by atoms with E-state index in [1.165, 1.54) is 18.2 Å². The van der Waals surface area contributed by atoms with Crippen molar-refractivity contribution in [2.75, 3.05) is 0 Å². The van der Waals surface area contributed by atoms with Crippen molar-refractivity contribution in [3.05, 3.63) is 58.5 Å². The van der Waals surface area contributed by atoms with E-state index in [1.807, 2.05) is 0 Å². The molecular weight excluding hydrogens is 227 g/mol. The molecule has 17 heavy (non-hydrogen) atoms. The number of aromatic nitrogens is 2. The van der Waals surface area contributed by atoms with Gasteiger partial charge in [-0.15, -0.1) is 0 Å². The SMILES string of the molecule is O=C(O)c1cn(-c2ccccc2F)cnc1=O. The second-order valence-electron chi connectivity index (χ2n) is 3.26. The van der Waals surface area contributed by atoms with Crippen molar-refractivity contribution in [3.63, 3.8) is 0 Å². The molecule has 1 heterocycles. The number of benzene rings is 1. The summed E-state index contributed by atoms with van der Waals surface area (Å²) in [5.74, 6) is -1.93. The van der Waals surface area contributed by atoms with Gasteiger partial charge in [0, 0.05) is 6.20 Å². The lowest BCUT2D eigenvalue weighted by molar-refractivity contribution is 0.0694. The van der Waals surface area contributed by atoms with Gasteiger partial charge in [-0.25, -0.2) is 9.18 Å². The van der Waals surface area contributed by atoms with Crippen LogP contribution < -0.4 is 5.56 Å². The zero-order chi connectivity index (χ0) is 12.4. The summed E-state index contributed by atoms with van der Waals surface area (Å²) in [4.78, 5) is 25.3. The Kier molecular flexibility index (Phi) is 2.70. The lowest BCUT2D eigenvalue weighted by atomic mass is 10.3. The van der Waals surface area contributed by atoms with Crippen LogP contribution >= 0.6 is 0 Å². The Morgan fingerprint density at radius 1 is 1.35 bits per heavy atom. The maximum absolute atomic E-state index is 13.4. The number of carbonyl (C=O) groups is 1. The van der Waals surface area contributed by atoms with Crippen molar-refractivity contribution in [2.24, 2.45) is 0 Å². The van der Waals surface area contributed by atoms with Crippen LogP contribution in [0.25, 0.3) is 5.69 Å². The van der Waals surface area contributed by atoms with E-state index < -0.39 is 22.9 Å². The summed E-state index contributed by atoms with van der Waals surface area (Å²) < 4.78 is 14.6. The Balaban J connectivity index is 2.62. The van der Waals surface area contributed by atoms with Gasteiger partial charge in [-0.1, -0.05) is 12.1 Å². The molecule has 6 heteroatoms. The van der Waals surface area contributed by atoms with Gasteiger partial charge in [-0.3, -0.25) is 4.79 Å². The molecule has 0 amide bonds. The van der Waals surface area contributed by atoms with Crippen molar-refractivity contribution in [2.45, 2.75) is 0 Å². The number of hydrogen-bond donors (Lipinski definition) is 1. The number of carboxylic acid groups (broad SMARTS) is 1. The highest BCUT2D eigenvalue weighted by atomic mass is 19.1. The lowest BCUT2D eigenvalue weighted by Crippen LogP contribution is -2.20. The zero-order valence-corrected chi connectivity index (χ0v) is 8.50. The van der Waals surface area contributed by atoms with Crippen LogP contribution in [-0.2, 0) is 0 Å². The smallest absolute Gasteiger partial charge is 0.342 e. The quantitative estimate of drug-likeness (QED) is 0.843. The Morgan fingerprint density at radius 3 is 2.71 bits per heavy atom. The van der Waals surface area contributed by atoms with E-state index in [0.717, 1.165) is 17.1 Å². The molecule has 0 aliphatic rings. The third kappa shape index (κ3) is 2.05. The predicted molar refractivity (Wildman–Crippen MR) is 56.8 cm³/mol. The van der Waals surface area contributed by atoms with E-state index in [9.17, 15) is 14.0 Å². The number of carboxylic acids is 1. The Labute approximate surface area is 94.8 Å². The van der Waals surface area contributed by atoms with Gasteiger partial charge >= 0.3 is 5.97 Å². The molecule has 2 aromatic rings. The molecule has 1 aromatic carbocycles. The number of para-hydroxylation sites is 1. The van der Waals surface area contributed by atoms with Crippen molar-refractivity contribution in [1.82, 2.24) is 9.55 Å². The first-order chi connectivity index (χ1) is 8.09. The van der Waals surface area contributed by atoms with Crippen molar-refractivity contribution < 1.29 is 14.3 Å². The Morgan fingerprint density at radius 2 is 2.06 bits per heavy atom. The lowest BCUT2D eigenvalue weighted by Gasteiger charge is -2.06. The first-order valence-corrected chi connectivity index (χ1v) is 4.66. The maximum Gasteiger partial charge on any atom is 0.342 e. The van der Waals surface area contributed by atoms with Crippen LogP contribution in [0.1, 0.15) is 10.4 Å². The molecule has 0 aliphatic heterocycles. The molecule has 5 nitrogen and oxygen atoms in total. The number of rotatable bonds is 2. The first-order valence-electron chi connectivity index (χ1n) is 4.66. The summed E-state index contributed by atoms with van der Waals surface area (Å²) in [5, 5.41) is 8.76. The fourth-order valence-electron chi connectivity index (χ4n) is 1.35. The molecular formula is C11H7FN2O3. The largest absolute Gasteiger partial charge is 0.477 e. The molecule has 0 saturated heterocycles. The minimum Gasteiger partial charge on any atom is -0.477 e. The standard InChI is InChI=1S/C11H7FN2O3/c12-8-3-1-2-4-9(8)14-5-7(11(16)17)10(15)13-6-14/h1-6H,(H,16,17). The molecule has 0 unspecified atom stereocenters. The van der Waals surface area contributed by atoms with Crippen LogP contribution in [-0.4, -0.2) is 20.6 Å². The topological polar surface area (TPSA) is 72.2 Å². The highest BCUT2D eigenvalue weighted by Gasteiger charge is 2.11. The van der Waals surface area contributed by atoms with Crippen LogP contribution in [0.15, 0.2) is 41.6 Å².